The number of H-pyrrole nitrogens is 1. The molecule has 1 aromatic carbocycles. The Kier molecular flexibility index (Phi) is 4.65. The van der Waals surface area contributed by atoms with Crippen molar-refractivity contribution < 1.29 is 4.79 Å². The van der Waals surface area contributed by atoms with E-state index in [2.05, 4.69) is 30.6 Å². The standard InChI is InChI=1S/C18H19N7O2/c26-17(20-13-4-2-1-3-5-13)15-6-7-16(22-21-15)24-10-8-14(9-11-24)25-12-19-23-18(25)27/h1-7,12,14H,8-11H2,(H,20,26)(H,23,27). The van der Waals surface area contributed by atoms with E-state index in [4.69, 9.17) is 0 Å². The predicted molar refractivity (Wildman–Crippen MR) is 99.8 cm³/mol. The Labute approximate surface area is 155 Å². The van der Waals surface area contributed by atoms with Gasteiger partial charge in [0.1, 0.15) is 6.33 Å². The van der Waals surface area contributed by atoms with Gasteiger partial charge in [0.25, 0.3) is 5.91 Å². The smallest absolute Gasteiger partial charge is 0.343 e. The SMILES string of the molecule is O=C(Nc1ccccc1)c1ccc(N2CCC(n3cn[nH]c3=O)CC2)nn1. The molecule has 27 heavy (non-hydrogen) atoms. The second-order valence-corrected chi connectivity index (χ2v) is 6.38. The van der Waals surface area contributed by atoms with Crippen molar-refractivity contribution in [2.75, 3.05) is 23.3 Å². The quantitative estimate of drug-likeness (QED) is 0.724. The second kappa shape index (κ2) is 7.40. The fraction of sp³-hybridized carbons (Fsp3) is 0.278. The molecular weight excluding hydrogens is 346 g/mol. The number of carbonyl (C=O) groups excluding carboxylic acids is 1. The van der Waals surface area contributed by atoms with Crippen LogP contribution in [0, 0.1) is 0 Å². The van der Waals surface area contributed by atoms with E-state index >= 15 is 0 Å². The van der Waals surface area contributed by atoms with Gasteiger partial charge in [0.15, 0.2) is 11.5 Å². The Bertz CT molecular complexity index is 957. The van der Waals surface area contributed by atoms with Crippen molar-refractivity contribution >= 4 is 17.4 Å². The van der Waals surface area contributed by atoms with E-state index in [9.17, 15) is 9.59 Å². The van der Waals surface area contributed by atoms with Gasteiger partial charge in [-0.3, -0.25) is 9.36 Å². The molecule has 0 bridgehead atoms. The number of anilines is 2. The van der Waals surface area contributed by atoms with Crippen LogP contribution >= 0.6 is 0 Å². The molecule has 2 N–H and O–H groups in total. The van der Waals surface area contributed by atoms with Gasteiger partial charge in [-0.25, -0.2) is 9.89 Å². The Hall–Kier alpha value is -3.49. The third-order valence-corrected chi connectivity index (χ3v) is 4.67. The summed E-state index contributed by atoms with van der Waals surface area (Å²) >= 11 is 0. The lowest BCUT2D eigenvalue weighted by atomic mass is 10.1. The van der Waals surface area contributed by atoms with E-state index < -0.39 is 0 Å². The fourth-order valence-corrected chi connectivity index (χ4v) is 3.22. The molecule has 1 amide bonds. The Morgan fingerprint density at radius 3 is 2.48 bits per heavy atom. The van der Waals surface area contributed by atoms with Crippen molar-refractivity contribution in [3.8, 4) is 0 Å². The summed E-state index contributed by atoms with van der Waals surface area (Å²) in [7, 11) is 0. The molecule has 1 aliphatic heterocycles. The lowest BCUT2D eigenvalue weighted by Gasteiger charge is -2.32. The van der Waals surface area contributed by atoms with Crippen molar-refractivity contribution in [3.05, 3.63) is 65.0 Å². The van der Waals surface area contributed by atoms with E-state index in [-0.39, 0.29) is 23.3 Å². The lowest BCUT2D eigenvalue weighted by Crippen LogP contribution is -2.37. The molecule has 138 valence electrons. The fourth-order valence-electron chi connectivity index (χ4n) is 3.22. The van der Waals surface area contributed by atoms with E-state index in [1.807, 2.05) is 30.3 Å². The first-order valence-electron chi connectivity index (χ1n) is 8.77. The van der Waals surface area contributed by atoms with Crippen LogP contribution in [0.3, 0.4) is 0 Å². The number of amides is 1. The number of carbonyl (C=O) groups is 1. The first-order chi connectivity index (χ1) is 13.2. The zero-order valence-corrected chi connectivity index (χ0v) is 14.6. The van der Waals surface area contributed by atoms with Gasteiger partial charge in [-0.05, 0) is 37.1 Å². The van der Waals surface area contributed by atoms with E-state index in [1.165, 1.54) is 0 Å². The largest absolute Gasteiger partial charge is 0.355 e. The summed E-state index contributed by atoms with van der Waals surface area (Å²) in [5, 5.41) is 17.3. The van der Waals surface area contributed by atoms with Gasteiger partial charge in [-0.2, -0.15) is 5.10 Å². The number of piperidine rings is 1. The molecule has 0 saturated carbocycles. The van der Waals surface area contributed by atoms with Crippen LogP contribution < -0.4 is 15.9 Å². The van der Waals surface area contributed by atoms with Crippen LogP contribution in [0.5, 0.6) is 0 Å². The van der Waals surface area contributed by atoms with Crippen molar-refractivity contribution in [3.63, 3.8) is 0 Å². The summed E-state index contributed by atoms with van der Waals surface area (Å²) in [6.45, 7) is 1.51. The minimum Gasteiger partial charge on any atom is -0.355 e. The van der Waals surface area contributed by atoms with Crippen LogP contribution in [0.15, 0.2) is 53.6 Å². The number of hydrogen-bond donors (Lipinski definition) is 2. The number of aromatic amines is 1. The maximum atomic E-state index is 12.2. The summed E-state index contributed by atoms with van der Waals surface area (Å²) in [6, 6.07) is 12.8. The van der Waals surface area contributed by atoms with Crippen LogP contribution in [0.1, 0.15) is 29.4 Å². The molecular formula is C18H19N7O2. The first-order valence-corrected chi connectivity index (χ1v) is 8.77. The average Bonchev–Trinajstić information content (AvgIpc) is 3.15. The molecule has 3 heterocycles. The van der Waals surface area contributed by atoms with Crippen LogP contribution in [0.25, 0.3) is 0 Å². The minimum absolute atomic E-state index is 0.136. The first kappa shape index (κ1) is 17.0. The average molecular weight is 365 g/mol. The topological polar surface area (TPSA) is 109 Å². The Morgan fingerprint density at radius 1 is 1.07 bits per heavy atom. The van der Waals surface area contributed by atoms with E-state index in [0.29, 0.717) is 5.69 Å². The van der Waals surface area contributed by atoms with Gasteiger partial charge in [-0.1, -0.05) is 18.2 Å². The normalized spacial score (nSPS) is 14.9. The summed E-state index contributed by atoms with van der Waals surface area (Å²) in [6.07, 6.45) is 3.18. The molecule has 2 aromatic heterocycles. The third kappa shape index (κ3) is 3.71. The van der Waals surface area contributed by atoms with E-state index in [0.717, 1.165) is 31.7 Å². The molecule has 9 heteroatoms. The summed E-state index contributed by atoms with van der Waals surface area (Å²) in [5.41, 5.74) is 0.800. The molecule has 0 unspecified atom stereocenters. The van der Waals surface area contributed by atoms with Gasteiger partial charge in [0.2, 0.25) is 0 Å². The molecule has 1 fully saturated rings. The number of aromatic nitrogens is 5. The molecule has 1 aliphatic rings. The highest BCUT2D eigenvalue weighted by atomic mass is 16.2. The molecule has 0 atom stereocenters. The van der Waals surface area contributed by atoms with Gasteiger partial charge in [0.05, 0.1) is 0 Å². The number of nitrogens with one attached hydrogen (secondary N) is 2. The zero-order valence-electron chi connectivity index (χ0n) is 14.6. The Balaban J connectivity index is 1.37. The number of hydrogen-bond acceptors (Lipinski definition) is 6. The van der Waals surface area contributed by atoms with Gasteiger partial charge >= 0.3 is 5.69 Å². The molecule has 1 saturated heterocycles. The third-order valence-electron chi connectivity index (χ3n) is 4.67. The van der Waals surface area contributed by atoms with Gasteiger partial charge < -0.3 is 10.2 Å². The lowest BCUT2D eigenvalue weighted by molar-refractivity contribution is 0.102. The monoisotopic (exact) mass is 365 g/mol. The molecule has 0 aliphatic carbocycles. The van der Waals surface area contributed by atoms with Gasteiger partial charge in [-0.15, -0.1) is 10.2 Å². The molecule has 0 spiro atoms. The maximum absolute atomic E-state index is 12.2. The van der Waals surface area contributed by atoms with Gasteiger partial charge in [0, 0.05) is 24.8 Å². The van der Waals surface area contributed by atoms with Crippen molar-refractivity contribution in [1.29, 1.82) is 0 Å². The maximum Gasteiger partial charge on any atom is 0.343 e. The number of benzene rings is 1. The highest BCUT2D eigenvalue weighted by molar-refractivity contribution is 6.02. The predicted octanol–water partition coefficient (Wildman–Crippen LogP) is 1.46. The van der Waals surface area contributed by atoms with Crippen molar-refractivity contribution in [2.24, 2.45) is 0 Å². The van der Waals surface area contributed by atoms with Crippen molar-refractivity contribution in [2.45, 2.75) is 18.9 Å². The molecule has 3 aromatic rings. The van der Waals surface area contributed by atoms with Crippen LogP contribution in [-0.2, 0) is 0 Å². The summed E-state index contributed by atoms with van der Waals surface area (Å²) in [4.78, 5) is 26.0. The summed E-state index contributed by atoms with van der Waals surface area (Å²) < 4.78 is 1.64. The highest BCUT2D eigenvalue weighted by Gasteiger charge is 2.23. The highest BCUT2D eigenvalue weighted by Crippen LogP contribution is 2.24. The van der Waals surface area contributed by atoms with Crippen molar-refractivity contribution in [1.82, 2.24) is 25.0 Å². The Morgan fingerprint density at radius 2 is 1.85 bits per heavy atom. The number of nitrogens with zero attached hydrogens (tertiary/aromatic N) is 5. The van der Waals surface area contributed by atoms with E-state index in [1.54, 1.807) is 23.0 Å². The minimum atomic E-state index is -0.293. The number of para-hydroxylation sites is 1. The number of rotatable bonds is 4. The summed E-state index contributed by atoms with van der Waals surface area (Å²) in [5.74, 6) is 0.433. The molecule has 4 rings (SSSR count). The molecule has 0 radical (unpaired) electrons. The van der Waals surface area contributed by atoms with Crippen LogP contribution in [0.4, 0.5) is 11.5 Å². The van der Waals surface area contributed by atoms with Crippen LogP contribution in [0.2, 0.25) is 0 Å². The second-order valence-electron chi connectivity index (χ2n) is 6.38. The zero-order chi connectivity index (χ0) is 18.6. The molecule has 9 nitrogen and oxygen atoms in total. The van der Waals surface area contributed by atoms with Crippen LogP contribution in [-0.4, -0.2) is 44.0 Å².